The molecule has 164 valence electrons. The number of non-ortho nitro benzene ring substituents is 1. The Hall–Kier alpha value is -3.17. The molecule has 9 nitrogen and oxygen atoms in total. The predicted molar refractivity (Wildman–Crippen MR) is 115 cm³/mol. The number of rotatable bonds is 8. The number of aromatic nitrogens is 1. The highest BCUT2D eigenvalue weighted by Gasteiger charge is 2.19. The summed E-state index contributed by atoms with van der Waals surface area (Å²) in [6.07, 6.45) is 0.854. The van der Waals surface area contributed by atoms with Crippen molar-refractivity contribution in [2.75, 3.05) is 39.4 Å². The highest BCUT2D eigenvalue weighted by Crippen LogP contribution is 2.25. The molecule has 1 saturated heterocycles. The number of nitrogens with zero attached hydrogens (tertiary/aromatic N) is 3. The Balaban J connectivity index is 1.48. The molecular formula is C22H26N4O5. The van der Waals surface area contributed by atoms with Gasteiger partial charge in [0.1, 0.15) is 11.5 Å². The Morgan fingerprint density at radius 2 is 2.03 bits per heavy atom. The number of hydrogen-bond acceptors (Lipinski definition) is 6. The lowest BCUT2D eigenvalue weighted by atomic mass is 10.2. The molecule has 0 spiro atoms. The summed E-state index contributed by atoms with van der Waals surface area (Å²) >= 11 is 0. The SMILES string of the molecule is Cc1cc2c(cc(C(=O)NCCCN3CCOCC3)n2Cc2cccc([N+](=O)[O-])c2)o1. The minimum absolute atomic E-state index is 0.0263. The van der Waals surface area contributed by atoms with Crippen molar-refractivity contribution in [1.82, 2.24) is 14.8 Å². The van der Waals surface area contributed by atoms with Gasteiger partial charge in [-0.1, -0.05) is 12.1 Å². The fraction of sp³-hybridized carbons (Fsp3) is 0.409. The fourth-order valence-corrected chi connectivity index (χ4v) is 3.89. The molecule has 1 aliphatic rings. The molecule has 3 aromatic rings. The van der Waals surface area contributed by atoms with Crippen molar-refractivity contribution in [1.29, 1.82) is 0 Å². The molecule has 3 heterocycles. The maximum Gasteiger partial charge on any atom is 0.269 e. The zero-order chi connectivity index (χ0) is 21.8. The van der Waals surface area contributed by atoms with Crippen molar-refractivity contribution >= 4 is 22.7 Å². The van der Waals surface area contributed by atoms with E-state index in [2.05, 4.69) is 10.2 Å². The van der Waals surface area contributed by atoms with Crippen LogP contribution in [0.5, 0.6) is 0 Å². The van der Waals surface area contributed by atoms with Crippen LogP contribution in [0.15, 0.2) is 40.8 Å². The van der Waals surface area contributed by atoms with Gasteiger partial charge >= 0.3 is 0 Å². The molecule has 1 aromatic carbocycles. The van der Waals surface area contributed by atoms with Crippen LogP contribution < -0.4 is 5.32 Å². The van der Waals surface area contributed by atoms with Crippen molar-refractivity contribution in [3.05, 3.63) is 63.5 Å². The van der Waals surface area contributed by atoms with Gasteiger partial charge in [0, 0.05) is 50.4 Å². The van der Waals surface area contributed by atoms with E-state index in [0.717, 1.165) is 56.1 Å². The average molecular weight is 426 g/mol. The van der Waals surface area contributed by atoms with Crippen molar-refractivity contribution in [3.63, 3.8) is 0 Å². The molecule has 2 aromatic heterocycles. The van der Waals surface area contributed by atoms with Crippen LogP contribution in [0, 0.1) is 17.0 Å². The van der Waals surface area contributed by atoms with E-state index in [1.165, 1.54) is 12.1 Å². The Morgan fingerprint density at radius 3 is 2.81 bits per heavy atom. The molecule has 0 atom stereocenters. The fourth-order valence-electron chi connectivity index (χ4n) is 3.89. The Bertz CT molecular complexity index is 1080. The maximum atomic E-state index is 12.9. The first-order valence-electron chi connectivity index (χ1n) is 10.4. The number of nitro benzene ring substituents is 1. The summed E-state index contributed by atoms with van der Waals surface area (Å²) in [5.41, 5.74) is 2.67. The minimum Gasteiger partial charge on any atom is -0.460 e. The number of ether oxygens (including phenoxy) is 1. The number of benzene rings is 1. The second-order valence-electron chi connectivity index (χ2n) is 7.71. The first kappa shape index (κ1) is 21.1. The second kappa shape index (κ2) is 9.32. The zero-order valence-electron chi connectivity index (χ0n) is 17.5. The molecular weight excluding hydrogens is 400 g/mol. The van der Waals surface area contributed by atoms with Gasteiger partial charge < -0.3 is 19.0 Å². The zero-order valence-corrected chi connectivity index (χ0v) is 17.5. The van der Waals surface area contributed by atoms with Crippen molar-refractivity contribution in [2.45, 2.75) is 19.9 Å². The summed E-state index contributed by atoms with van der Waals surface area (Å²) in [7, 11) is 0. The van der Waals surface area contributed by atoms with E-state index < -0.39 is 4.92 Å². The lowest BCUT2D eigenvalue weighted by molar-refractivity contribution is -0.384. The number of morpholine rings is 1. The molecule has 9 heteroatoms. The number of carbonyl (C=O) groups is 1. The summed E-state index contributed by atoms with van der Waals surface area (Å²) in [6.45, 7) is 7.04. The Labute approximate surface area is 179 Å². The van der Waals surface area contributed by atoms with Crippen LogP contribution in [0.3, 0.4) is 0 Å². The Morgan fingerprint density at radius 1 is 1.23 bits per heavy atom. The lowest BCUT2D eigenvalue weighted by Gasteiger charge is -2.26. The van der Waals surface area contributed by atoms with Crippen LogP contribution in [0.25, 0.3) is 11.1 Å². The molecule has 31 heavy (non-hydrogen) atoms. The molecule has 0 unspecified atom stereocenters. The quantitative estimate of drug-likeness (QED) is 0.337. The van der Waals surface area contributed by atoms with E-state index >= 15 is 0 Å². The van der Waals surface area contributed by atoms with Gasteiger partial charge in [0.15, 0.2) is 5.58 Å². The largest absolute Gasteiger partial charge is 0.460 e. The van der Waals surface area contributed by atoms with Crippen molar-refractivity contribution < 1.29 is 18.9 Å². The van der Waals surface area contributed by atoms with E-state index in [4.69, 9.17) is 9.15 Å². The lowest BCUT2D eigenvalue weighted by Crippen LogP contribution is -2.38. The van der Waals surface area contributed by atoms with Gasteiger partial charge in [-0.05, 0) is 25.5 Å². The molecule has 0 bridgehead atoms. The Kier molecular flexibility index (Phi) is 6.34. The van der Waals surface area contributed by atoms with Gasteiger partial charge in [0.05, 0.1) is 23.7 Å². The molecule has 0 aliphatic carbocycles. The molecule has 1 amide bonds. The summed E-state index contributed by atoms with van der Waals surface area (Å²) < 4.78 is 12.9. The van der Waals surface area contributed by atoms with Gasteiger partial charge in [0.25, 0.3) is 11.6 Å². The highest BCUT2D eigenvalue weighted by atomic mass is 16.6. The molecule has 4 rings (SSSR count). The smallest absolute Gasteiger partial charge is 0.269 e. The van der Waals surface area contributed by atoms with E-state index in [9.17, 15) is 14.9 Å². The third-order valence-corrected chi connectivity index (χ3v) is 5.45. The molecule has 1 N–H and O–H groups in total. The minimum atomic E-state index is -0.418. The first-order chi connectivity index (χ1) is 15.0. The summed E-state index contributed by atoms with van der Waals surface area (Å²) in [4.78, 5) is 25.9. The number of fused-ring (bicyclic) bond motifs is 1. The third-order valence-electron chi connectivity index (χ3n) is 5.45. The number of amides is 1. The maximum absolute atomic E-state index is 12.9. The van der Waals surface area contributed by atoms with Gasteiger partial charge in [-0.25, -0.2) is 0 Å². The molecule has 1 fully saturated rings. The second-order valence-corrected chi connectivity index (χ2v) is 7.71. The van der Waals surface area contributed by atoms with Gasteiger partial charge in [-0.2, -0.15) is 0 Å². The monoisotopic (exact) mass is 426 g/mol. The first-order valence-corrected chi connectivity index (χ1v) is 10.4. The summed E-state index contributed by atoms with van der Waals surface area (Å²) in [5.74, 6) is 0.562. The van der Waals surface area contributed by atoms with Crippen molar-refractivity contribution in [2.24, 2.45) is 0 Å². The van der Waals surface area contributed by atoms with Crippen LogP contribution in [0.4, 0.5) is 5.69 Å². The normalized spacial score (nSPS) is 14.7. The number of furan rings is 1. The van der Waals surface area contributed by atoms with Crippen molar-refractivity contribution in [3.8, 4) is 0 Å². The molecule has 1 aliphatic heterocycles. The standard InChI is InChI=1S/C22H26N4O5/c1-16-12-19-21(31-16)14-20(22(27)23-6-3-7-24-8-10-30-11-9-24)25(19)15-17-4-2-5-18(13-17)26(28)29/h2,4-5,12-14H,3,6-11,15H2,1H3,(H,23,27). The number of hydrogen-bond donors (Lipinski definition) is 1. The van der Waals surface area contributed by atoms with Crippen LogP contribution in [-0.4, -0.2) is 59.7 Å². The molecule has 0 saturated carbocycles. The summed E-state index contributed by atoms with van der Waals surface area (Å²) in [6, 6.07) is 10.1. The number of aryl methyl sites for hydroxylation is 1. The van der Waals surface area contributed by atoms with Gasteiger partial charge in [-0.3, -0.25) is 19.8 Å². The third kappa shape index (κ3) is 4.95. The number of nitrogens with one attached hydrogen (secondary N) is 1. The van der Waals surface area contributed by atoms with Gasteiger partial charge in [0.2, 0.25) is 0 Å². The topological polar surface area (TPSA) is 103 Å². The van der Waals surface area contributed by atoms with E-state index in [1.54, 1.807) is 12.1 Å². The average Bonchev–Trinajstić information content (AvgIpc) is 3.29. The predicted octanol–water partition coefficient (Wildman–Crippen LogP) is 2.95. The van der Waals surface area contributed by atoms with E-state index in [1.807, 2.05) is 23.6 Å². The highest BCUT2D eigenvalue weighted by molar-refractivity contribution is 5.97. The summed E-state index contributed by atoms with van der Waals surface area (Å²) in [5, 5.41) is 14.1. The molecule has 0 radical (unpaired) electrons. The van der Waals surface area contributed by atoms with Gasteiger partial charge in [-0.15, -0.1) is 0 Å². The van der Waals surface area contributed by atoms with Crippen LogP contribution in [0.1, 0.15) is 28.2 Å². The van der Waals surface area contributed by atoms with Crippen LogP contribution in [0.2, 0.25) is 0 Å². The van der Waals surface area contributed by atoms with Crippen LogP contribution >= 0.6 is 0 Å². The van der Waals surface area contributed by atoms with Crippen LogP contribution in [-0.2, 0) is 11.3 Å². The number of carbonyl (C=O) groups excluding carboxylic acids is 1. The number of nitro groups is 1. The van der Waals surface area contributed by atoms with E-state index in [-0.39, 0.29) is 11.6 Å². The van der Waals surface area contributed by atoms with E-state index in [0.29, 0.717) is 24.4 Å².